The van der Waals surface area contributed by atoms with Crippen LogP contribution in [0.2, 0.25) is 0 Å². The fourth-order valence-electron chi connectivity index (χ4n) is 2.44. The van der Waals surface area contributed by atoms with E-state index in [-0.39, 0.29) is 11.7 Å². The first kappa shape index (κ1) is 15.8. The van der Waals surface area contributed by atoms with Crippen LogP contribution in [0.15, 0.2) is 5.16 Å². The SMILES string of the molecule is CCC(C)(OC)C(=O)NC1(C(N)=NO)CCCCC1. The Morgan fingerprint density at radius 1 is 1.47 bits per heavy atom. The van der Waals surface area contributed by atoms with Gasteiger partial charge in [0.15, 0.2) is 5.84 Å². The molecule has 1 saturated carbocycles. The number of nitrogens with two attached hydrogens (primary N) is 1. The minimum atomic E-state index is -0.889. The average Bonchev–Trinajstić information content (AvgIpc) is 2.46. The summed E-state index contributed by atoms with van der Waals surface area (Å²) in [5, 5.41) is 15.0. The Bertz CT molecular complexity index is 345. The van der Waals surface area contributed by atoms with Crippen LogP contribution in [-0.4, -0.2) is 35.2 Å². The largest absolute Gasteiger partial charge is 0.409 e. The monoisotopic (exact) mass is 271 g/mol. The van der Waals surface area contributed by atoms with Gasteiger partial charge in [0, 0.05) is 7.11 Å². The molecule has 1 rings (SSSR count). The highest BCUT2D eigenvalue weighted by molar-refractivity contribution is 5.96. The van der Waals surface area contributed by atoms with Crippen LogP contribution in [0.5, 0.6) is 0 Å². The van der Waals surface area contributed by atoms with E-state index in [1.54, 1.807) is 6.92 Å². The summed E-state index contributed by atoms with van der Waals surface area (Å²) in [6.07, 6.45) is 4.95. The van der Waals surface area contributed by atoms with Gasteiger partial charge in [-0.05, 0) is 26.2 Å². The smallest absolute Gasteiger partial charge is 0.252 e. The third kappa shape index (κ3) is 3.18. The van der Waals surface area contributed by atoms with E-state index in [4.69, 9.17) is 15.7 Å². The molecule has 0 spiro atoms. The predicted molar refractivity (Wildman–Crippen MR) is 73.1 cm³/mol. The number of ether oxygens (including phenoxy) is 1. The number of hydrogen-bond acceptors (Lipinski definition) is 4. The van der Waals surface area contributed by atoms with E-state index >= 15 is 0 Å². The lowest BCUT2D eigenvalue weighted by molar-refractivity contribution is -0.143. The zero-order chi connectivity index (χ0) is 14.5. The van der Waals surface area contributed by atoms with Crippen LogP contribution < -0.4 is 11.1 Å². The molecule has 0 aromatic carbocycles. The number of methoxy groups -OCH3 is 1. The number of rotatable bonds is 5. The maximum absolute atomic E-state index is 12.4. The quantitative estimate of drug-likeness (QED) is 0.304. The van der Waals surface area contributed by atoms with Crippen LogP contribution in [0, 0.1) is 0 Å². The highest BCUT2D eigenvalue weighted by atomic mass is 16.5. The van der Waals surface area contributed by atoms with Gasteiger partial charge >= 0.3 is 0 Å². The number of carbonyl (C=O) groups is 1. The van der Waals surface area contributed by atoms with Crippen LogP contribution in [-0.2, 0) is 9.53 Å². The number of hydrogen-bond donors (Lipinski definition) is 3. The molecule has 110 valence electrons. The third-order valence-electron chi connectivity index (χ3n) is 4.26. The summed E-state index contributed by atoms with van der Waals surface area (Å²) in [4.78, 5) is 12.4. The van der Waals surface area contributed by atoms with Gasteiger partial charge in [-0.3, -0.25) is 4.79 Å². The molecule has 1 atom stereocenters. The number of amides is 1. The number of oxime groups is 1. The molecule has 0 aromatic rings. The van der Waals surface area contributed by atoms with Crippen molar-refractivity contribution in [2.24, 2.45) is 10.9 Å². The zero-order valence-corrected chi connectivity index (χ0v) is 12.0. The van der Waals surface area contributed by atoms with Crippen LogP contribution >= 0.6 is 0 Å². The van der Waals surface area contributed by atoms with Gasteiger partial charge in [0.05, 0.1) is 0 Å². The second-order valence-electron chi connectivity index (χ2n) is 5.37. The Kier molecular flexibility index (Phi) is 5.17. The fraction of sp³-hybridized carbons (Fsp3) is 0.846. The highest BCUT2D eigenvalue weighted by Crippen LogP contribution is 2.29. The van der Waals surface area contributed by atoms with E-state index in [1.165, 1.54) is 7.11 Å². The van der Waals surface area contributed by atoms with Crippen LogP contribution in [0.4, 0.5) is 0 Å². The van der Waals surface area contributed by atoms with E-state index in [0.29, 0.717) is 19.3 Å². The minimum absolute atomic E-state index is 0.0788. The Labute approximate surface area is 114 Å². The molecule has 0 saturated heterocycles. The summed E-state index contributed by atoms with van der Waals surface area (Å²) in [5.41, 5.74) is 4.18. The molecule has 1 amide bonds. The van der Waals surface area contributed by atoms with Crippen molar-refractivity contribution in [3.63, 3.8) is 0 Å². The molecule has 0 heterocycles. The van der Waals surface area contributed by atoms with Crippen molar-refractivity contribution >= 4 is 11.7 Å². The minimum Gasteiger partial charge on any atom is -0.409 e. The van der Waals surface area contributed by atoms with Gasteiger partial charge in [0.25, 0.3) is 5.91 Å². The van der Waals surface area contributed by atoms with Gasteiger partial charge in [-0.15, -0.1) is 0 Å². The molecule has 1 aliphatic rings. The zero-order valence-electron chi connectivity index (χ0n) is 12.0. The van der Waals surface area contributed by atoms with Gasteiger partial charge in [-0.2, -0.15) is 0 Å². The summed E-state index contributed by atoms with van der Waals surface area (Å²) >= 11 is 0. The fourth-order valence-corrected chi connectivity index (χ4v) is 2.44. The Morgan fingerprint density at radius 2 is 2.05 bits per heavy atom. The normalized spacial score (nSPS) is 22.6. The van der Waals surface area contributed by atoms with E-state index < -0.39 is 11.1 Å². The summed E-state index contributed by atoms with van der Waals surface area (Å²) in [7, 11) is 1.51. The lowest BCUT2D eigenvalue weighted by Crippen LogP contribution is -2.62. The van der Waals surface area contributed by atoms with Gasteiger partial charge in [-0.1, -0.05) is 31.3 Å². The summed E-state index contributed by atoms with van der Waals surface area (Å²) < 4.78 is 5.29. The molecule has 0 aliphatic heterocycles. The molecule has 1 fully saturated rings. The molecule has 1 unspecified atom stereocenters. The van der Waals surface area contributed by atoms with Crippen molar-refractivity contribution in [3.05, 3.63) is 0 Å². The summed E-state index contributed by atoms with van der Waals surface area (Å²) in [6.45, 7) is 3.63. The molecule has 19 heavy (non-hydrogen) atoms. The Balaban J connectivity index is 2.93. The van der Waals surface area contributed by atoms with Crippen molar-refractivity contribution in [2.45, 2.75) is 63.5 Å². The van der Waals surface area contributed by atoms with E-state index in [0.717, 1.165) is 19.3 Å². The molecule has 6 heteroatoms. The first-order chi connectivity index (χ1) is 8.94. The van der Waals surface area contributed by atoms with Crippen molar-refractivity contribution < 1.29 is 14.7 Å². The lowest BCUT2D eigenvalue weighted by atomic mass is 9.80. The molecular formula is C13H25N3O3. The van der Waals surface area contributed by atoms with E-state index in [9.17, 15) is 4.79 Å². The second-order valence-corrected chi connectivity index (χ2v) is 5.37. The van der Waals surface area contributed by atoms with Crippen molar-refractivity contribution in [1.29, 1.82) is 0 Å². The Morgan fingerprint density at radius 3 is 2.47 bits per heavy atom. The highest BCUT2D eigenvalue weighted by Gasteiger charge is 2.42. The number of carbonyl (C=O) groups excluding carboxylic acids is 1. The van der Waals surface area contributed by atoms with Crippen LogP contribution in [0.25, 0.3) is 0 Å². The molecular weight excluding hydrogens is 246 g/mol. The Hall–Kier alpha value is -1.30. The lowest BCUT2D eigenvalue weighted by Gasteiger charge is -2.39. The second kappa shape index (κ2) is 6.23. The van der Waals surface area contributed by atoms with Crippen LogP contribution in [0.3, 0.4) is 0 Å². The van der Waals surface area contributed by atoms with Gasteiger partial charge in [0.2, 0.25) is 0 Å². The predicted octanol–water partition coefficient (Wildman–Crippen LogP) is 1.37. The van der Waals surface area contributed by atoms with Gasteiger partial charge in [0.1, 0.15) is 11.1 Å². The van der Waals surface area contributed by atoms with Crippen molar-refractivity contribution in [3.8, 4) is 0 Å². The summed E-state index contributed by atoms with van der Waals surface area (Å²) in [6, 6.07) is 0. The van der Waals surface area contributed by atoms with Gasteiger partial charge < -0.3 is 21.0 Å². The van der Waals surface area contributed by atoms with E-state index in [2.05, 4.69) is 10.5 Å². The molecule has 0 radical (unpaired) electrons. The first-order valence-electron chi connectivity index (χ1n) is 6.80. The van der Waals surface area contributed by atoms with Crippen molar-refractivity contribution in [2.75, 3.05) is 7.11 Å². The van der Waals surface area contributed by atoms with Crippen LogP contribution in [0.1, 0.15) is 52.4 Å². The number of amidine groups is 1. The number of nitrogens with zero attached hydrogens (tertiary/aromatic N) is 1. The average molecular weight is 271 g/mol. The molecule has 1 aliphatic carbocycles. The topological polar surface area (TPSA) is 96.9 Å². The number of nitrogens with one attached hydrogen (secondary N) is 1. The maximum Gasteiger partial charge on any atom is 0.252 e. The van der Waals surface area contributed by atoms with Gasteiger partial charge in [-0.25, -0.2) is 0 Å². The first-order valence-corrected chi connectivity index (χ1v) is 6.80. The standard InChI is InChI=1S/C13H25N3O3/c1-4-12(2,19-3)11(17)15-13(10(14)16-18)8-6-5-7-9-13/h18H,4-9H2,1-3H3,(H2,14,16)(H,15,17). The maximum atomic E-state index is 12.4. The molecule has 4 N–H and O–H groups in total. The molecule has 0 bridgehead atoms. The summed E-state index contributed by atoms with van der Waals surface area (Å²) in [5.74, 6) is -0.138. The molecule has 0 aromatic heterocycles. The van der Waals surface area contributed by atoms with Crippen molar-refractivity contribution in [1.82, 2.24) is 5.32 Å². The third-order valence-corrected chi connectivity index (χ3v) is 4.26. The van der Waals surface area contributed by atoms with E-state index in [1.807, 2.05) is 6.92 Å². The molecule has 6 nitrogen and oxygen atoms in total.